The van der Waals surface area contributed by atoms with Crippen molar-refractivity contribution in [1.29, 1.82) is 0 Å². The summed E-state index contributed by atoms with van der Waals surface area (Å²) in [5, 5.41) is 14.2. The van der Waals surface area contributed by atoms with Gasteiger partial charge in [-0.2, -0.15) is 30.7 Å². The van der Waals surface area contributed by atoms with Gasteiger partial charge < -0.3 is 24.6 Å². The van der Waals surface area contributed by atoms with Crippen LogP contribution in [0.1, 0.15) is 35.2 Å². The van der Waals surface area contributed by atoms with Crippen molar-refractivity contribution in [3.8, 4) is 0 Å². The minimum Gasteiger partial charge on any atom is -0.475 e. The molecular weight excluding hydrogens is 587 g/mol. The average Bonchev–Trinajstić information content (AvgIpc) is 2.92. The zero-order valence-corrected chi connectivity index (χ0v) is 21.7. The average molecular weight is 613 g/mol. The molecule has 42 heavy (non-hydrogen) atoms. The van der Waals surface area contributed by atoms with Crippen LogP contribution in [-0.2, 0) is 25.7 Å². The number of hydrogen-bond donors (Lipinski definition) is 2. The Kier molecular flexibility index (Phi) is 12.1. The van der Waals surface area contributed by atoms with E-state index >= 15 is 0 Å². The maximum absolute atomic E-state index is 13.4. The highest BCUT2D eigenvalue weighted by Gasteiger charge is 2.47. The van der Waals surface area contributed by atoms with Crippen molar-refractivity contribution in [2.45, 2.75) is 44.3 Å². The number of ether oxygens (including phenoxy) is 2. The summed E-state index contributed by atoms with van der Waals surface area (Å²) in [4.78, 5) is 40.1. The lowest BCUT2D eigenvalue weighted by molar-refractivity contribution is -0.193. The molecule has 1 amide bonds. The zero-order chi connectivity index (χ0) is 31.6. The molecule has 2 aliphatic heterocycles. The first kappa shape index (κ1) is 34.3. The second kappa shape index (κ2) is 14.9. The molecule has 2 aromatic heterocycles. The molecule has 2 atom stereocenters. The SMILES string of the molecule is O=C(O)C(F)(F)F.O=C(O)C(F)(F)F.O=C(c1ccnc(F)c1)N1CCC2OCCCC2(COCc2ccncc2)C1. The Balaban J connectivity index is 0.000000367. The van der Waals surface area contributed by atoms with Crippen LogP contribution in [-0.4, -0.2) is 87.7 Å². The third-order valence-electron chi connectivity index (χ3n) is 6.14. The van der Waals surface area contributed by atoms with E-state index in [0.717, 1.165) is 31.4 Å². The molecule has 4 rings (SSSR count). The Bertz CT molecular complexity index is 1170. The number of rotatable bonds is 5. The van der Waals surface area contributed by atoms with Crippen LogP contribution in [0.15, 0.2) is 42.9 Å². The molecule has 2 N–H and O–H groups in total. The van der Waals surface area contributed by atoms with Crippen molar-refractivity contribution in [3.63, 3.8) is 0 Å². The van der Waals surface area contributed by atoms with Crippen molar-refractivity contribution < 1.29 is 64.8 Å². The molecule has 2 fully saturated rings. The monoisotopic (exact) mass is 613 g/mol. The molecule has 0 bridgehead atoms. The molecule has 232 valence electrons. The first-order valence-electron chi connectivity index (χ1n) is 12.1. The highest BCUT2D eigenvalue weighted by Crippen LogP contribution is 2.41. The predicted octanol–water partition coefficient (Wildman–Crippen LogP) is 4.11. The molecular formula is C25H26F7N3O7. The van der Waals surface area contributed by atoms with Gasteiger partial charge in [0.2, 0.25) is 5.95 Å². The Morgan fingerprint density at radius 3 is 2.17 bits per heavy atom. The summed E-state index contributed by atoms with van der Waals surface area (Å²) in [7, 11) is 0. The minimum atomic E-state index is -5.08. The number of carboxylic acid groups (broad SMARTS) is 2. The van der Waals surface area contributed by atoms with Crippen molar-refractivity contribution >= 4 is 17.8 Å². The lowest BCUT2D eigenvalue weighted by Crippen LogP contribution is -2.58. The number of carbonyl (C=O) groups excluding carboxylic acids is 1. The summed E-state index contributed by atoms with van der Waals surface area (Å²) in [6, 6.07) is 6.61. The Morgan fingerprint density at radius 2 is 1.62 bits per heavy atom. The van der Waals surface area contributed by atoms with Crippen LogP contribution in [0.2, 0.25) is 0 Å². The van der Waals surface area contributed by atoms with Gasteiger partial charge in [0, 0.05) is 55.3 Å². The van der Waals surface area contributed by atoms with Crippen molar-refractivity contribution in [2.24, 2.45) is 5.41 Å². The second-order valence-electron chi connectivity index (χ2n) is 9.16. The fourth-order valence-corrected chi connectivity index (χ4v) is 4.24. The third kappa shape index (κ3) is 10.5. The number of hydrogen-bond acceptors (Lipinski definition) is 7. The highest BCUT2D eigenvalue weighted by molar-refractivity contribution is 5.94. The Morgan fingerprint density at radius 1 is 1.02 bits per heavy atom. The summed E-state index contributed by atoms with van der Waals surface area (Å²) >= 11 is 0. The number of pyridine rings is 2. The third-order valence-corrected chi connectivity index (χ3v) is 6.14. The van der Waals surface area contributed by atoms with E-state index in [2.05, 4.69) is 9.97 Å². The number of fused-ring (bicyclic) bond motifs is 1. The number of aliphatic carboxylic acids is 2. The van der Waals surface area contributed by atoms with E-state index in [1.54, 1.807) is 23.4 Å². The number of piperidine rings is 1. The lowest BCUT2D eigenvalue weighted by Gasteiger charge is -2.50. The van der Waals surface area contributed by atoms with Gasteiger partial charge in [0.15, 0.2) is 0 Å². The van der Waals surface area contributed by atoms with E-state index in [-0.39, 0.29) is 17.4 Å². The smallest absolute Gasteiger partial charge is 0.475 e. The zero-order valence-electron chi connectivity index (χ0n) is 21.7. The van der Waals surface area contributed by atoms with E-state index in [1.807, 2.05) is 12.1 Å². The van der Waals surface area contributed by atoms with Gasteiger partial charge in [0.1, 0.15) is 0 Å². The van der Waals surface area contributed by atoms with E-state index in [4.69, 9.17) is 29.3 Å². The molecule has 0 aromatic carbocycles. The van der Waals surface area contributed by atoms with Gasteiger partial charge in [-0.1, -0.05) is 0 Å². The lowest BCUT2D eigenvalue weighted by atomic mass is 9.73. The van der Waals surface area contributed by atoms with Crippen molar-refractivity contribution in [3.05, 3.63) is 59.9 Å². The molecule has 0 aliphatic carbocycles. The van der Waals surface area contributed by atoms with E-state index in [9.17, 15) is 35.5 Å². The maximum atomic E-state index is 13.4. The van der Waals surface area contributed by atoms with E-state index in [0.29, 0.717) is 31.9 Å². The summed E-state index contributed by atoms with van der Waals surface area (Å²) < 4.78 is 89.0. The normalized spacial score (nSPS) is 20.2. The van der Waals surface area contributed by atoms with Crippen LogP contribution >= 0.6 is 0 Å². The van der Waals surface area contributed by atoms with Crippen molar-refractivity contribution in [2.75, 3.05) is 26.3 Å². The van der Waals surface area contributed by atoms with Gasteiger partial charge in [0.25, 0.3) is 5.91 Å². The highest BCUT2D eigenvalue weighted by atomic mass is 19.4. The van der Waals surface area contributed by atoms with Crippen LogP contribution < -0.4 is 0 Å². The summed E-state index contributed by atoms with van der Waals surface area (Å²) in [5.74, 6) is -6.32. The van der Waals surface area contributed by atoms with E-state index < -0.39 is 30.2 Å². The Hall–Kier alpha value is -3.86. The van der Waals surface area contributed by atoms with Crippen LogP contribution in [0, 0.1) is 11.4 Å². The first-order chi connectivity index (χ1) is 19.5. The molecule has 0 spiro atoms. The first-order valence-corrected chi connectivity index (χ1v) is 12.1. The molecule has 0 radical (unpaired) electrons. The van der Waals surface area contributed by atoms with Crippen LogP contribution in [0.3, 0.4) is 0 Å². The number of alkyl halides is 6. The molecule has 2 aromatic rings. The molecule has 2 aliphatic rings. The van der Waals surface area contributed by atoms with Gasteiger partial charge in [-0.3, -0.25) is 9.78 Å². The van der Waals surface area contributed by atoms with Crippen LogP contribution in [0.5, 0.6) is 0 Å². The molecule has 17 heteroatoms. The van der Waals surface area contributed by atoms with Crippen molar-refractivity contribution in [1.82, 2.24) is 14.9 Å². The fourth-order valence-electron chi connectivity index (χ4n) is 4.24. The second-order valence-corrected chi connectivity index (χ2v) is 9.16. The molecule has 0 saturated carbocycles. The molecule has 10 nitrogen and oxygen atoms in total. The van der Waals surface area contributed by atoms with Crippen LogP contribution in [0.25, 0.3) is 0 Å². The number of nitrogens with zero attached hydrogens (tertiary/aromatic N) is 3. The standard InChI is InChI=1S/C21H24FN3O3.2C2HF3O2/c22-19-12-17(4-9-24-19)20(26)25-10-5-18-21(14-25,6-1-11-28-18)15-27-13-16-2-7-23-8-3-16;2*3-2(4,5)1(6)7/h2-4,7-9,12,18H,1,5-6,10-11,13-15H2;2*(H,6,7). The fraction of sp³-hybridized carbons (Fsp3) is 0.480. The maximum Gasteiger partial charge on any atom is 0.490 e. The molecule has 2 saturated heterocycles. The van der Waals surface area contributed by atoms with Crippen LogP contribution in [0.4, 0.5) is 30.7 Å². The minimum absolute atomic E-state index is 0.0805. The number of carbonyl (C=O) groups is 3. The Labute approximate surface area is 234 Å². The quantitative estimate of drug-likeness (QED) is 0.377. The molecule has 4 heterocycles. The van der Waals surface area contributed by atoms with Gasteiger partial charge in [-0.15, -0.1) is 0 Å². The van der Waals surface area contributed by atoms with Gasteiger partial charge in [-0.25, -0.2) is 14.6 Å². The number of carboxylic acids is 2. The number of halogens is 7. The largest absolute Gasteiger partial charge is 0.490 e. The van der Waals surface area contributed by atoms with Gasteiger partial charge >= 0.3 is 24.3 Å². The predicted molar refractivity (Wildman–Crippen MR) is 127 cm³/mol. The van der Waals surface area contributed by atoms with Gasteiger partial charge in [-0.05, 0) is 43.0 Å². The number of likely N-dealkylation sites (tertiary alicyclic amines) is 1. The number of amides is 1. The summed E-state index contributed by atoms with van der Waals surface area (Å²) in [5.41, 5.74) is 1.16. The van der Waals surface area contributed by atoms with Gasteiger partial charge in [0.05, 0.1) is 19.3 Å². The number of aromatic nitrogens is 2. The molecule has 2 unspecified atom stereocenters. The summed E-state index contributed by atoms with van der Waals surface area (Å²) in [6.07, 6.45) is -2.61. The summed E-state index contributed by atoms with van der Waals surface area (Å²) in [6.45, 7) is 2.92. The van der Waals surface area contributed by atoms with E-state index in [1.165, 1.54) is 12.3 Å². The topological polar surface area (TPSA) is 139 Å².